The van der Waals surface area contributed by atoms with Crippen LogP contribution < -0.4 is 5.56 Å². The third-order valence-corrected chi connectivity index (χ3v) is 4.94. The number of rotatable bonds is 4. The Labute approximate surface area is 172 Å². The van der Waals surface area contributed by atoms with Crippen LogP contribution in [-0.2, 0) is 6.54 Å². The number of nitrogens with zero attached hydrogens (tertiary/aromatic N) is 2. The summed E-state index contributed by atoms with van der Waals surface area (Å²) in [6.45, 7) is 0.411. The first-order valence-electron chi connectivity index (χ1n) is 8.78. The minimum absolute atomic E-state index is 0.0729. The van der Waals surface area contributed by atoms with E-state index in [2.05, 4.69) is 0 Å². The van der Waals surface area contributed by atoms with Crippen molar-refractivity contribution in [1.82, 2.24) is 9.55 Å². The van der Waals surface area contributed by atoms with Crippen molar-refractivity contribution in [2.75, 3.05) is 0 Å². The Morgan fingerprint density at radius 1 is 0.821 bits per heavy atom. The summed E-state index contributed by atoms with van der Waals surface area (Å²) < 4.78 is 1.68. The maximum Gasteiger partial charge on any atom is 0.261 e. The lowest BCUT2D eigenvalue weighted by Gasteiger charge is -2.11. The van der Waals surface area contributed by atoms with Crippen molar-refractivity contribution < 1.29 is 0 Å². The number of halogens is 2. The number of para-hydroxylation sites is 1. The van der Waals surface area contributed by atoms with Crippen molar-refractivity contribution in [1.29, 1.82) is 0 Å². The van der Waals surface area contributed by atoms with Crippen LogP contribution in [0.3, 0.4) is 0 Å². The topological polar surface area (TPSA) is 34.9 Å². The van der Waals surface area contributed by atoms with E-state index in [1.165, 1.54) is 0 Å². The molecule has 0 bridgehead atoms. The van der Waals surface area contributed by atoms with Crippen molar-refractivity contribution in [3.8, 4) is 0 Å². The summed E-state index contributed by atoms with van der Waals surface area (Å²) in [4.78, 5) is 17.8. The minimum Gasteiger partial charge on any atom is -0.288 e. The Kier molecular flexibility index (Phi) is 5.29. The molecule has 4 rings (SSSR count). The monoisotopic (exact) mass is 406 g/mol. The predicted molar refractivity (Wildman–Crippen MR) is 117 cm³/mol. The van der Waals surface area contributed by atoms with Crippen LogP contribution in [-0.4, -0.2) is 9.55 Å². The molecule has 0 spiro atoms. The average molecular weight is 407 g/mol. The van der Waals surface area contributed by atoms with E-state index < -0.39 is 0 Å². The number of hydrogen-bond acceptors (Lipinski definition) is 2. The van der Waals surface area contributed by atoms with Gasteiger partial charge in [-0.05, 0) is 53.6 Å². The average Bonchev–Trinajstić information content (AvgIpc) is 2.71. The minimum atomic E-state index is -0.0729. The molecule has 138 valence electrons. The third kappa shape index (κ3) is 4.01. The maximum atomic E-state index is 13.1. The van der Waals surface area contributed by atoms with E-state index in [1.807, 2.05) is 78.9 Å². The SMILES string of the molecule is O=c1c2ccccc2nc(/C=C/c2ccc(Cl)cc2)n1Cc1ccc(Cl)cc1. The molecule has 0 N–H and O–H groups in total. The van der Waals surface area contributed by atoms with Crippen molar-refractivity contribution in [2.24, 2.45) is 0 Å². The van der Waals surface area contributed by atoms with Gasteiger partial charge in [0.2, 0.25) is 0 Å². The van der Waals surface area contributed by atoms with Crippen LogP contribution in [0.5, 0.6) is 0 Å². The Morgan fingerprint density at radius 3 is 2.18 bits per heavy atom. The molecule has 0 aliphatic carbocycles. The Morgan fingerprint density at radius 2 is 1.46 bits per heavy atom. The summed E-state index contributed by atoms with van der Waals surface area (Å²) in [7, 11) is 0. The second-order valence-corrected chi connectivity index (χ2v) is 7.26. The molecule has 0 atom stereocenters. The second-order valence-electron chi connectivity index (χ2n) is 6.39. The van der Waals surface area contributed by atoms with Gasteiger partial charge in [-0.15, -0.1) is 0 Å². The number of hydrogen-bond donors (Lipinski definition) is 0. The lowest BCUT2D eigenvalue weighted by Crippen LogP contribution is -2.24. The summed E-state index contributed by atoms with van der Waals surface area (Å²) in [5.41, 5.74) is 2.56. The van der Waals surface area contributed by atoms with Gasteiger partial charge in [0, 0.05) is 10.0 Å². The summed E-state index contributed by atoms with van der Waals surface area (Å²) in [6.07, 6.45) is 3.78. The summed E-state index contributed by atoms with van der Waals surface area (Å²) in [5, 5.41) is 1.94. The van der Waals surface area contributed by atoms with Crippen LogP contribution in [0, 0.1) is 0 Å². The quantitative estimate of drug-likeness (QED) is 0.421. The van der Waals surface area contributed by atoms with Crippen molar-refractivity contribution in [3.05, 3.63) is 110 Å². The molecule has 5 heteroatoms. The van der Waals surface area contributed by atoms with E-state index in [-0.39, 0.29) is 5.56 Å². The summed E-state index contributed by atoms with van der Waals surface area (Å²) >= 11 is 11.9. The first-order chi connectivity index (χ1) is 13.6. The molecule has 0 radical (unpaired) electrons. The van der Waals surface area contributed by atoms with Crippen molar-refractivity contribution in [2.45, 2.75) is 6.54 Å². The van der Waals surface area contributed by atoms with Gasteiger partial charge in [0.05, 0.1) is 17.4 Å². The summed E-state index contributed by atoms with van der Waals surface area (Å²) in [6, 6.07) is 22.3. The van der Waals surface area contributed by atoms with Crippen LogP contribution in [0.2, 0.25) is 10.0 Å². The highest BCUT2D eigenvalue weighted by Gasteiger charge is 2.09. The Balaban J connectivity index is 1.81. The highest BCUT2D eigenvalue weighted by molar-refractivity contribution is 6.30. The van der Waals surface area contributed by atoms with Gasteiger partial charge in [0.25, 0.3) is 5.56 Å². The smallest absolute Gasteiger partial charge is 0.261 e. The van der Waals surface area contributed by atoms with Gasteiger partial charge in [-0.3, -0.25) is 9.36 Å². The van der Waals surface area contributed by atoms with Gasteiger partial charge < -0.3 is 0 Å². The van der Waals surface area contributed by atoms with E-state index in [9.17, 15) is 4.79 Å². The molecule has 0 fully saturated rings. The van der Waals surface area contributed by atoms with Crippen LogP contribution in [0.15, 0.2) is 77.6 Å². The van der Waals surface area contributed by atoms with Crippen LogP contribution in [0.4, 0.5) is 0 Å². The normalized spacial score (nSPS) is 11.4. The van der Waals surface area contributed by atoms with E-state index in [0.717, 1.165) is 11.1 Å². The number of aromatic nitrogens is 2. The third-order valence-electron chi connectivity index (χ3n) is 4.44. The molecule has 0 saturated carbocycles. The fourth-order valence-corrected chi connectivity index (χ4v) is 3.23. The zero-order chi connectivity index (χ0) is 19.5. The van der Waals surface area contributed by atoms with Crippen LogP contribution >= 0.6 is 23.2 Å². The van der Waals surface area contributed by atoms with Crippen LogP contribution in [0.25, 0.3) is 23.1 Å². The molecule has 1 heterocycles. The fourth-order valence-electron chi connectivity index (χ4n) is 2.98. The maximum absolute atomic E-state index is 13.1. The first kappa shape index (κ1) is 18.5. The number of fused-ring (bicyclic) bond motifs is 1. The first-order valence-corrected chi connectivity index (χ1v) is 9.53. The molecular formula is C23H16Cl2N2O. The van der Waals surface area contributed by atoms with Gasteiger partial charge in [0.15, 0.2) is 0 Å². The highest BCUT2D eigenvalue weighted by atomic mass is 35.5. The molecule has 3 aromatic carbocycles. The van der Waals surface area contributed by atoms with E-state index in [0.29, 0.717) is 33.3 Å². The predicted octanol–water partition coefficient (Wildman–Crippen LogP) is 5.92. The largest absolute Gasteiger partial charge is 0.288 e. The van der Waals surface area contributed by atoms with Gasteiger partial charge in [-0.2, -0.15) is 0 Å². The standard InChI is InChI=1S/C23H16Cl2N2O/c24-18-10-5-16(6-11-18)9-14-22-26-21-4-2-1-3-20(21)23(28)27(22)15-17-7-12-19(25)13-8-17/h1-14H,15H2/b14-9+. The van der Waals surface area contributed by atoms with Gasteiger partial charge in [-0.25, -0.2) is 4.98 Å². The molecule has 0 saturated heterocycles. The molecule has 0 aliphatic rings. The fraction of sp³-hybridized carbons (Fsp3) is 0.0435. The lowest BCUT2D eigenvalue weighted by molar-refractivity contribution is 0.738. The van der Waals surface area contributed by atoms with E-state index in [4.69, 9.17) is 28.2 Å². The molecule has 4 aromatic rings. The molecule has 0 amide bonds. The molecule has 0 aliphatic heterocycles. The zero-order valence-electron chi connectivity index (χ0n) is 14.8. The van der Waals surface area contributed by atoms with E-state index in [1.54, 1.807) is 10.6 Å². The molecule has 28 heavy (non-hydrogen) atoms. The van der Waals surface area contributed by atoms with Crippen molar-refractivity contribution in [3.63, 3.8) is 0 Å². The molecular weight excluding hydrogens is 391 g/mol. The zero-order valence-corrected chi connectivity index (χ0v) is 16.4. The molecule has 1 aromatic heterocycles. The molecule has 0 unspecified atom stereocenters. The number of benzene rings is 3. The van der Waals surface area contributed by atoms with Gasteiger partial charge in [-0.1, -0.05) is 65.7 Å². The van der Waals surface area contributed by atoms with Crippen molar-refractivity contribution >= 4 is 46.3 Å². The highest BCUT2D eigenvalue weighted by Crippen LogP contribution is 2.16. The van der Waals surface area contributed by atoms with E-state index >= 15 is 0 Å². The second kappa shape index (κ2) is 8.01. The lowest BCUT2D eigenvalue weighted by atomic mass is 10.2. The summed E-state index contributed by atoms with van der Waals surface area (Å²) in [5.74, 6) is 0.591. The van der Waals surface area contributed by atoms with Crippen LogP contribution in [0.1, 0.15) is 17.0 Å². The Bertz CT molecular complexity index is 1210. The van der Waals surface area contributed by atoms with Gasteiger partial charge >= 0.3 is 0 Å². The molecule has 3 nitrogen and oxygen atoms in total. The Hall–Kier alpha value is -2.88. The van der Waals surface area contributed by atoms with Gasteiger partial charge in [0.1, 0.15) is 5.82 Å².